The van der Waals surface area contributed by atoms with Crippen molar-refractivity contribution in [3.05, 3.63) is 65.0 Å². The largest absolute Gasteiger partial charge is 0.322 e. The third kappa shape index (κ3) is 3.35. The molecule has 2 aromatic rings. The fraction of sp³-hybridized carbons (Fsp3) is 0.267. The molecule has 0 bridgehead atoms. The Morgan fingerprint density at radius 2 is 1.89 bits per heavy atom. The Hall–Kier alpha value is -1.81. The van der Waals surface area contributed by atoms with Crippen molar-refractivity contribution < 1.29 is 8.78 Å². The van der Waals surface area contributed by atoms with Gasteiger partial charge in [0.25, 0.3) is 0 Å². The van der Waals surface area contributed by atoms with E-state index in [4.69, 9.17) is 5.73 Å². The van der Waals surface area contributed by atoms with Crippen LogP contribution < -0.4 is 5.73 Å². The molecular weight excluding hydrogens is 246 g/mol. The second-order valence-corrected chi connectivity index (χ2v) is 4.49. The van der Waals surface area contributed by atoms with Crippen LogP contribution in [0.4, 0.5) is 8.78 Å². The van der Waals surface area contributed by atoms with E-state index >= 15 is 0 Å². The number of rotatable bonds is 4. The molecule has 2 nitrogen and oxygen atoms in total. The molecule has 0 fully saturated rings. The molecular formula is C15H16F2N2. The van der Waals surface area contributed by atoms with Gasteiger partial charge in [-0.15, -0.1) is 0 Å². The summed E-state index contributed by atoms with van der Waals surface area (Å²) in [5.41, 5.74) is 8.48. The molecule has 0 aliphatic carbocycles. The molecule has 0 saturated carbocycles. The number of benzene rings is 1. The van der Waals surface area contributed by atoms with Gasteiger partial charge in [0, 0.05) is 12.3 Å². The van der Waals surface area contributed by atoms with Crippen molar-refractivity contribution >= 4 is 0 Å². The van der Waals surface area contributed by atoms with Crippen LogP contribution in [0.5, 0.6) is 0 Å². The van der Waals surface area contributed by atoms with Crippen molar-refractivity contribution in [2.45, 2.75) is 25.8 Å². The molecule has 0 saturated heterocycles. The normalized spacial score (nSPS) is 12.4. The lowest BCUT2D eigenvalue weighted by Crippen LogP contribution is -2.17. The van der Waals surface area contributed by atoms with Crippen LogP contribution >= 0.6 is 0 Å². The van der Waals surface area contributed by atoms with Gasteiger partial charge < -0.3 is 5.73 Å². The first-order chi connectivity index (χ1) is 9.10. The lowest BCUT2D eigenvalue weighted by Gasteiger charge is -2.14. The van der Waals surface area contributed by atoms with E-state index in [0.717, 1.165) is 23.7 Å². The molecule has 0 spiro atoms. The Morgan fingerprint density at radius 1 is 1.21 bits per heavy atom. The zero-order valence-electron chi connectivity index (χ0n) is 10.7. The summed E-state index contributed by atoms with van der Waals surface area (Å²) in [6.45, 7) is 2.02. The predicted molar refractivity (Wildman–Crippen MR) is 70.6 cm³/mol. The van der Waals surface area contributed by atoms with E-state index in [9.17, 15) is 8.78 Å². The van der Waals surface area contributed by atoms with E-state index in [1.54, 1.807) is 6.20 Å². The topological polar surface area (TPSA) is 38.9 Å². The summed E-state index contributed by atoms with van der Waals surface area (Å²) < 4.78 is 26.3. The Labute approximate surface area is 111 Å². The van der Waals surface area contributed by atoms with Crippen LogP contribution in [0.1, 0.15) is 29.8 Å². The van der Waals surface area contributed by atoms with Crippen molar-refractivity contribution in [1.29, 1.82) is 0 Å². The van der Waals surface area contributed by atoms with E-state index in [1.165, 1.54) is 12.1 Å². The average molecular weight is 262 g/mol. The molecule has 2 N–H and O–H groups in total. The molecule has 1 aromatic heterocycles. The first-order valence-electron chi connectivity index (χ1n) is 6.24. The Balaban J connectivity index is 2.22. The average Bonchev–Trinajstić information content (AvgIpc) is 2.37. The van der Waals surface area contributed by atoms with Crippen molar-refractivity contribution in [3.8, 4) is 0 Å². The van der Waals surface area contributed by atoms with Gasteiger partial charge in [-0.3, -0.25) is 4.98 Å². The number of nitrogens with zero attached hydrogens (tertiary/aromatic N) is 1. The quantitative estimate of drug-likeness (QED) is 0.919. The van der Waals surface area contributed by atoms with Gasteiger partial charge in [-0.1, -0.05) is 13.0 Å². The summed E-state index contributed by atoms with van der Waals surface area (Å²) in [7, 11) is 0. The SMILES string of the molecule is CCc1cccnc1C(N)Cc1cc(F)cc(F)c1. The zero-order valence-corrected chi connectivity index (χ0v) is 10.7. The molecule has 19 heavy (non-hydrogen) atoms. The summed E-state index contributed by atoms with van der Waals surface area (Å²) in [4.78, 5) is 4.28. The fourth-order valence-corrected chi connectivity index (χ4v) is 2.16. The van der Waals surface area contributed by atoms with Gasteiger partial charge in [0.2, 0.25) is 0 Å². The van der Waals surface area contributed by atoms with Crippen LogP contribution in [0.3, 0.4) is 0 Å². The lowest BCUT2D eigenvalue weighted by molar-refractivity contribution is 0.575. The third-order valence-corrected chi connectivity index (χ3v) is 3.04. The van der Waals surface area contributed by atoms with Gasteiger partial charge in [-0.25, -0.2) is 8.78 Å². The smallest absolute Gasteiger partial charge is 0.126 e. The summed E-state index contributed by atoms with van der Waals surface area (Å²) in [5, 5.41) is 0. The minimum absolute atomic E-state index is 0.360. The monoisotopic (exact) mass is 262 g/mol. The Bertz CT molecular complexity index is 550. The van der Waals surface area contributed by atoms with Crippen LogP contribution in [-0.4, -0.2) is 4.98 Å². The van der Waals surface area contributed by atoms with Gasteiger partial charge in [0.1, 0.15) is 11.6 Å². The van der Waals surface area contributed by atoms with Crippen LogP contribution in [0.15, 0.2) is 36.5 Å². The van der Waals surface area contributed by atoms with Crippen LogP contribution in [-0.2, 0) is 12.8 Å². The minimum Gasteiger partial charge on any atom is -0.322 e. The first kappa shape index (κ1) is 13.6. The highest BCUT2D eigenvalue weighted by Gasteiger charge is 2.13. The van der Waals surface area contributed by atoms with Crippen LogP contribution in [0.2, 0.25) is 0 Å². The molecule has 0 radical (unpaired) electrons. The zero-order chi connectivity index (χ0) is 13.8. The van der Waals surface area contributed by atoms with Gasteiger partial charge in [-0.05, 0) is 42.2 Å². The van der Waals surface area contributed by atoms with Crippen molar-refractivity contribution in [3.63, 3.8) is 0 Å². The lowest BCUT2D eigenvalue weighted by atomic mass is 9.99. The highest BCUT2D eigenvalue weighted by Crippen LogP contribution is 2.19. The van der Waals surface area contributed by atoms with Gasteiger partial charge in [0.05, 0.1) is 11.7 Å². The van der Waals surface area contributed by atoms with Crippen molar-refractivity contribution in [2.24, 2.45) is 5.73 Å². The van der Waals surface area contributed by atoms with Crippen molar-refractivity contribution in [1.82, 2.24) is 4.98 Å². The van der Waals surface area contributed by atoms with Gasteiger partial charge in [-0.2, -0.15) is 0 Å². The highest BCUT2D eigenvalue weighted by atomic mass is 19.1. The maximum atomic E-state index is 13.1. The van der Waals surface area contributed by atoms with E-state index in [-0.39, 0.29) is 6.04 Å². The summed E-state index contributed by atoms with van der Waals surface area (Å²) >= 11 is 0. The molecule has 4 heteroatoms. The fourth-order valence-electron chi connectivity index (χ4n) is 2.16. The molecule has 100 valence electrons. The Morgan fingerprint density at radius 3 is 2.53 bits per heavy atom. The number of hydrogen-bond acceptors (Lipinski definition) is 2. The maximum Gasteiger partial charge on any atom is 0.126 e. The van der Waals surface area contributed by atoms with E-state index in [0.29, 0.717) is 12.0 Å². The third-order valence-electron chi connectivity index (χ3n) is 3.04. The predicted octanol–water partition coefficient (Wildman–Crippen LogP) is 3.16. The minimum atomic E-state index is -0.584. The second-order valence-electron chi connectivity index (χ2n) is 4.49. The van der Waals surface area contributed by atoms with Gasteiger partial charge >= 0.3 is 0 Å². The number of aryl methyl sites for hydroxylation is 1. The molecule has 1 heterocycles. The highest BCUT2D eigenvalue weighted by molar-refractivity contribution is 5.26. The Kier molecular flexibility index (Phi) is 4.22. The number of halogens is 2. The van der Waals surface area contributed by atoms with Crippen molar-refractivity contribution in [2.75, 3.05) is 0 Å². The standard InChI is InChI=1S/C15H16F2N2/c1-2-11-4-3-5-19-15(11)14(18)8-10-6-12(16)9-13(17)7-10/h3-7,9,14H,2,8,18H2,1H3. The summed E-state index contributed by atoms with van der Waals surface area (Å²) in [6.07, 6.45) is 2.87. The molecule has 1 unspecified atom stereocenters. The number of aromatic nitrogens is 1. The maximum absolute atomic E-state index is 13.1. The molecule has 1 atom stereocenters. The molecule has 0 aliphatic heterocycles. The molecule has 2 rings (SSSR count). The number of nitrogens with two attached hydrogens (primary N) is 1. The second kappa shape index (κ2) is 5.89. The molecule has 1 aromatic carbocycles. The molecule has 0 aliphatic rings. The first-order valence-corrected chi connectivity index (χ1v) is 6.24. The van der Waals surface area contributed by atoms with Gasteiger partial charge in [0.15, 0.2) is 0 Å². The molecule has 0 amide bonds. The summed E-state index contributed by atoms with van der Waals surface area (Å²) in [6, 6.07) is 6.92. The summed E-state index contributed by atoms with van der Waals surface area (Å²) in [5.74, 6) is -1.17. The van der Waals surface area contributed by atoms with E-state index in [2.05, 4.69) is 4.98 Å². The van der Waals surface area contributed by atoms with E-state index in [1.807, 2.05) is 19.1 Å². The van der Waals surface area contributed by atoms with Crippen LogP contribution in [0.25, 0.3) is 0 Å². The van der Waals surface area contributed by atoms with E-state index < -0.39 is 11.6 Å². The van der Waals surface area contributed by atoms with Crippen LogP contribution in [0, 0.1) is 11.6 Å². The number of hydrogen-bond donors (Lipinski definition) is 1. The number of pyridine rings is 1.